The lowest BCUT2D eigenvalue weighted by molar-refractivity contribution is 0.102. The number of hydrogen-bond acceptors (Lipinski definition) is 4. The third-order valence-corrected chi connectivity index (χ3v) is 3.67. The van der Waals surface area contributed by atoms with Gasteiger partial charge in [0, 0.05) is 15.2 Å². The SMILES string of the molecule is O=C(Nc1ccc(Br)cc1)c1ccc(Cl)cc1-n1cnnn1. The van der Waals surface area contributed by atoms with Crippen molar-refractivity contribution in [2.75, 3.05) is 5.32 Å². The maximum atomic E-state index is 12.5. The molecule has 1 heterocycles. The van der Waals surface area contributed by atoms with E-state index in [0.717, 1.165) is 4.47 Å². The summed E-state index contributed by atoms with van der Waals surface area (Å²) in [5, 5.41) is 14.3. The minimum Gasteiger partial charge on any atom is -0.322 e. The second-order valence-corrected chi connectivity index (χ2v) is 5.73. The molecule has 2 aromatic carbocycles. The van der Waals surface area contributed by atoms with E-state index in [1.807, 2.05) is 12.1 Å². The molecule has 0 bridgehead atoms. The quantitative estimate of drug-likeness (QED) is 0.759. The Balaban J connectivity index is 1.94. The molecule has 0 saturated heterocycles. The maximum Gasteiger partial charge on any atom is 0.257 e. The summed E-state index contributed by atoms with van der Waals surface area (Å²) < 4.78 is 2.33. The van der Waals surface area contributed by atoms with Crippen molar-refractivity contribution < 1.29 is 4.79 Å². The number of benzene rings is 2. The number of anilines is 1. The standard InChI is InChI=1S/C14H9BrClN5O/c15-9-1-4-11(5-2-9)18-14(22)12-6-3-10(16)7-13(12)21-8-17-19-20-21/h1-8H,(H,18,22). The summed E-state index contributed by atoms with van der Waals surface area (Å²) in [5.74, 6) is -0.274. The van der Waals surface area contributed by atoms with E-state index in [0.29, 0.717) is 22.0 Å². The second kappa shape index (κ2) is 6.25. The Bertz CT molecular complexity index is 805. The molecule has 110 valence electrons. The summed E-state index contributed by atoms with van der Waals surface area (Å²) >= 11 is 9.35. The van der Waals surface area contributed by atoms with Crippen LogP contribution < -0.4 is 5.32 Å². The van der Waals surface area contributed by atoms with Gasteiger partial charge in [-0.2, -0.15) is 4.68 Å². The highest BCUT2D eigenvalue weighted by atomic mass is 79.9. The fraction of sp³-hybridized carbons (Fsp3) is 0. The molecule has 1 N–H and O–H groups in total. The van der Waals surface area contributed by atoms with E-state index in [9.17, 15) is 4.79 Å². The van der Waals surface area contributed by atoms with Gasteiger partial charge in [0.1, 0.15) is 6.33 Å². The van der Waals surface area contributed by atoms with Crippen molar-refractivity contribution in [3.8, 4) is 5.69 Å². The van der Waals surface area contributed by atoms with E-state index in [1.165, 1.54) is 11.0 Å². The predicted molar refractivity (Wildman–Crippen MR) is 86.3 cm³/mol. The molecule has 22 heavy (non-hydrogen) atoms. The second-order valence-electron chi connectivity index (χ2n) is 4.38. The van der Waals surface area contributed by atoms with Gasteiger partial charge in [0.2, 0.25) is 0 Å². The lowest BCUT2D eigenvalue weighted by atomic mass is 10.1. The first-order valence-electron chi connectivity index (χ1n) is 6.23. The largest absolute Gasteiger partial charge is 0.322 e. The Morgan fingerprint density at radius 2 is 1.95 bits per heavy atom. The summed E-state index contributed by atoms with van der Waals surface area (Å²) in [6.45, 7) is 0. The number of nitrogens with one attached hydrogen (secondary N) is 1. The number of amides is 1. The highest BCUT2D eigenvalue weighted by molar-refractivity contribution is 9.10. The summed E-state index contributed by atoms with van der Waals surface area (Å²) in [7, 11) is 0. The van der Waals surface area contributed by atoms with Crippen LogP contribution >= 0.6 is 27.5 Å². The van der Waals surface area contributed by atoms with Crippen LogP contribution in [0.1, 0.15) is 10.4 Å². The Morgan fingerprint density at radius 1 is 1.18 bits per heavy atom. The van der Waals surface area contributed by atoms with Crippen molar-refractivity contribution in [3.63, 3.8) is 0 Å². The molecule has 3 rings (SSSR count). The highest BCUT2D eigenvalue weighted by Gasteiger charge is 2.14. The number of carbonyl (C=O) groups excluding carboxylic acids is 1. The molecule has 1 aromatic heterocycles. The molecule has 0 fully saturated rings. The number of carbonyl (C=O) groups is 1. The minimum absolute atomic E-state index is 0.274. The smallest absolute Gasteiger partial charge is 0.257 e. The van der Waals surface area contributed by atoms with Crippen LogP contribution in [-0.2, 0) is 0 Å². The van der Waals surface area contributed by atoms with Gasteiger partial charge in [-0.15, -0.1) is 5.10 Å². The van der Waals surface area contributed by atoms with Gasteiger partial charge in [-0.1, -0.05) is 27.5 Å². The van der Waals surface area contributed by atoms with Gasteiger partial charge in [-0.05, 0) is 52.9 Å². The fourth-order valence-corrected chi connectivity index (χ4v) is 2.32. The highest BCUT2D eigenvalue weighted by Crippen LogP contribution is 2.21. The molecule has 0 aliphatic heterocycles. The van der Waals surface area contributed by atoms with E-state index in [4.69, 9.17) is 11.6 Å². The number of hydrogen-bond donors (Lipinski definition) is 1. The predicted octanol–water partition coefficient (Wildman–Crippen LogP) is 3.33. The zero-order valence-electron chi connectivity index (χ0n) is 11.1. The minimum atomic E-state index is -0.274. The lowest BCUT2D eigenvalue weighted by Crippen LogP contribution is -2.15. The number of aromatic nitrogens is 4. The van der Waals surface area contributed by atoms with Crippen LogP contribution in [0.4, 0.5) is 5.69 Å². The van der Waals surface area contributed by atoms with Crippen LogP contribution in [-0.4, -0.2) is 26.1 Å². The molecule has 0 spiro atoms. The normalized spacial score (nSPS) is 10.5. The first-order valence-corrected chi connectivity index (χ1v) is 7.40. The molecule has 3 aromatic rings. The molecule has 0 aliphatic rings. The van der Waals surface area contributed by atoms with Crippen molar-refractivity contribution in [2.45, 2.75) is 0 Å². The lowest BCUT2D eigenvalue weighted by Gasteiger charge is -2.10. The number of halogens is 2. The first-order chi connectivity index (χ1) is 10.6. The van der Waals surface area contributed by atoms with Gasteiger partial charge in [0.05, 0.1) is 11.3 Å². The third kappa shape index (κ3) is 3.15. The van der Waals surface area contributed by atoms with Crippen molar-refractivity contribution in [1.29, 1.82) is 0 Å². The van der Waals surface area contributed by atoms with Crippen LogP contribution in [0.5, 0.6) is 0 Å². The van der Waals surface area contributed by atoms with E-state index < -0.39 is 0 Å². The number of rotatable bonds is 3. The molecule has 0 aliphatic carbocycles. The third-order valence-electron chi connectivity index (χ3n) is 2.90. The Hall–Kier alpha value is -2.25. The monoisotopic (exact) mass is 377 g/mol. The van der Waals surface area contributed by atoms with Crippen molar-refractivity contribution in [1.82, 2.24) is 20.2 Å². The molecule has 0 unspecified atom stereocenters. The van der Waals surface area contributed by atoms with Gasteiger partial charge < -0.3 is 5.32 Å². The van der Waals surface area contributed by atoms with Crippen molar-refractivity contribution in [2.24, 2.45) is 0 Å². The first kappa shape index (κ1) is 14.7. The van der Waals surface area contributed by atoms with Crippen LogP contribution in [0, 0.1) is 0 Å². The summed E-state index contributed by atoms with van der Waals surface area (Å²) in [6.07, 6.45) is 1.40. The van der Waals surface area contributed by atoms with Crippen LogP contribution in [0.15, 0.2) is 53.3 Å². The summed E-state index contributed by atoms with van der Waals surface area (Å²) in [4.78, 5) is 12.5. The Morgan fingerprint density at radius 3 is 2.64 bits per heavy atom. The molecule has 6 nitrogen and oxygen atoms in total. The molecule has 0 saturated carbocycles. The zero-order chi connectivity index (χ0) is 15.5. The van der Waals surface area contributed by atoms with Crippen LogP contribution in [0.25, 0.3) is 5.69 Å². The fourth-order valence-electron chi connectivity index (χ4n) is 1.89. The van der Waals surface area contributed by atoms with Gasteiger partial charge in [0.25, 0.3) is 5.91 Å². The van der Waals surface area contributed by atoms with E-state index in [-0.39, 0.29) is 5.91 Å². The van der Waals surface area contributed by atoms with E-state index in [1.54, 1.807) is 30.3 Å². The average molecular weight is 379 g/mol. The number of tetrazole rings is 1. The van der Waals surface area contributed by atoms with Gasteiger partial charge in [-0.3, -0.25) is 4.79 Å². The Kier molecular flexibility index (Phi) is 4.17. The average Bonchev–Trinajstić information content (AvgIpc) is 3.03. The Labute approximate surface area is 139 Å². The molecule has 1 amide bonds. The van der Waals surface area contributed by atoms with Gasteiger partial charge in [-0.25, -0.2) is 0 Å². The maximum absolute atomic E-state index is 12.5. The zero-order valence-corrected chi connectivity index (χ0v) is 13.4. The molecule has 8 heteroatoms. The molecule has 0 atom stereocenters. The molecular weight excluding hydrogens is 370 g/mol. The van der Waals surface area contributed by atoms with E-state index in [2.05, 4.69) is 36.8 Å². The van der Waals surface area contributed by atoms with E-state index >= 15 is 0 Å². The van der Waals surface area contributed by atoms with Gasteiger partial charge >= 0.3 is 0 Å². The van der Waals surface area contributed by atoms with Crippen molar-refractivity contribution >= 4 is 39.1 Å². The molecule has 0 radical (unpaired) electrons. The van der Waals surface area contributed by atoms with Gasteiger partial charge in [0.15, 0.2) is 0 Å². The van der Waals surface area contributed by atoms with Crippen LogP contribution in [0.2, 0.25) is 5.02 Å². The van der Waals surface area contributed by atoms with Crippen LogP contribution in [0.3, 0.4) is 0 Å². The summed E-state index contributed by atoms with van der Waals surface area (Å²) in [5.41, 5.74) is 1.61. The van der Waals surface area contributed by atoms with Crippen molar-refractivity contribution in [3.05, 3.63) is 63.9 Å². The molecular formula is C14H9BrClN5O. The number of nitrogens with zero attached hydrogens (tertiary/aromatic N) is 4. The topological polar surface area (TPSA) is 72.7 Å². The summed E-state index contributed by atoms with van der Waals surface area (Å²) in [6, 6.07) is 12.2.